The zero-order valence-electron chi connectivity index (χ0n) is 11.0. The number of aromatic nitrogens is 2. The van der Waals surface area contributed by atoms with Crippen LogP contribution in [-0.2, 0) is 9.47 Å². The molecule has 0 spiro atoms. The molecule has 0 saturated carbocycles. The molecule has 2 N–H and O–H groups in total. The van der Waals surface area contributed by atoms with Gasteiger partial charge >= 0.3 is 0 Å². The molecule has 1 aliphatic rings. The van der Waals surface area contributed by atoms with Gasteiger partial charge in [-0.1, -0.05) is 0 Å². The number of morpholine rings is 1. The Bertz CT molecular complexity index is 387. The average molecular weight is 272 g/mol. The summed E-state index contributed by atoms with van der Waals surface area (Å²) in [6.07, 6.45) is 0.166. The molecule has 0 radical (unpaired) electrons. The highest BCUT2D eigenvalue weighted by Crippen LogP contribution is 2.24. The lowest BCUT2D eigenvalue weighted by Crippen LogP contribution is -2.49. The fourth-order valence-corrected chi connectivity index (χ4v) is 2.72. The van der Waals surface area contributed by atoms with E-state index in [0.717, 1.165) is 24.0 Å². The molecule has 1 saturated heterocycles. The van der Waals surface area contributed by atoms with Gasteiger partial charge in [0, 0.05) is 38.3 Å². The number of nitrogens with zero attached hydrogens (tertiary/aromatic N) is 3. The summed E-state index contributed by atoms with van der Waals surface area (Å²) in [4.78, 5) is 6.71. The van der Waals surface area contributed by atoms with Crippen molar-refractivity contribution in [3.8, 4) is 0 Å². The van der Waals surface area contributed by atoms with E-state index < -0.39 is 0 Å². The van der Waals surface area contributed by atoms with Crippen molar-refractivity contribution in [2.45, 2.75) is 32.2 Å². The Morgan fingerprint density at radius 1 is 1.61 bits per heavy atom. The molecular formula is C11H20N4O2S. The lowest BCUT2D eigenvalue weighted by Gasteiger charge is -2.35. The first-order valence-electron chi connectivity index (χ1n) is 6.11. The molecule has 0 bridgehead atoms. The molecule has 2 rings (SSSR count). The van der Waals surface area contributed by atoms with Crippen molar-refractivity contribution in [2.24, 2.45) is 5.73 Å². The van der Waals surface area contributed by atoms with Gasteiger partial charge in [0.2, 0.25) is 5.13 Å². The van der Waals surface area contributed by atoms with Gasteiger partial charge in [-0.15, -0.1) is 0 Å². The average Bonchev–Trinajstić information content (AvgIpc) is 2.86. The van der Waals surface area contributed by atoms with Gasteiger partial charge in [-0.05, 0) is 13.8 Å². The van der Waals surface area contributed by atoms with Crippen molar-refractivity contribution < 1.29 is 9.47 Å². The van der Waals surface area contributed by atoms with Crippen LogP contribution in [0.5, 0.6) is 0 Å². The van der Waals surface area contributed by atoms with Crippen LogP contribution in [0, 0.1) is 0 Å². The van der Waals surface area contributed by atoms with Gasteiger partial charge in [-0.3, -0.25) is 0 Å². The minimum atomic E-state index is -0.0706. The van der Waals surface area contributed by atoms with E-state index in [9.17, 15) is 0 Å². The first kappa shape index (κ1) is 13.7. The number of methoxy groups -OCH3 is 1. The van der Waals surface area contributed by atoms with E-state index in [1.807, 2.05) is 6.92 Å². The molecule has 0 aromatic carbocycles. The normalized spacial score (nSPS) is 26.3. The molecule has 0 amide bonds. The van der Waals surface area contributed by atoms with Crippen LogP contribution in [0.4, 0.5) is 5.13 Å². The standard InChI is InChI=1S/C11H20N4O2S/c1-7-5-15(6-9(4-12)17-7)11-13-10(14-18-11)8(2)16-3/h7-9H,4-6,12H2,1-3H3. The molecule has 3 atom stereocenters. The molecule has 2 heterocycles. The number of hydrogen-bond donors (Lipinski definition) is 1. The van der Waals surface area contributed by atoms with E-state index in [1.54, 1.807) is 7.11 Å². The zero-order chi connectivity index (χ0) is 13.1. The Kier molecular flexibility index (Phi) is 4.50. The quantitative estimate of drug-likeness (QED) is 0.874. The number of hydrogen-bond acceptors (Lipinski definition) is 7. The minimum absolute atomic E-state index is 0.0703. The number of nitrogens with two attached hydrogens (primary N) is 1. The summed E-state index contributed by atoms with van der Waals surface area (Å²) in [5.41, 5.74) is 5.68. The highest BCUT2D eigenvalue weighted by atomic mass is 32.1. The van der Waals surface area contributed by atoms with Gasteiger partial charge in [0.05, 0.1) is 12.2 Å². The third-order valence-corrected chi connectivity index (χ3v) is 3.80. The minimum Gasteiger partial charge on any atom is -0.374 e. The predicted molar refractivity (Wildman–Crippen MR) is 70.9 cm³/mol. The van der Waals surface area contributed by atoms with Crippen molar-refractivity contribution in [1.82, 2.24) is 9.36 Å². The highest BCUT2D eigenvalue weighted by Gasteiger charge is 2.27. The first-order valence-corrected chi connectivity index (χ1v) is 6.88. The van der Waals surface area contributed by atoms with Crippen LogP contribution in [0.2, 0.25) is 0 Å². The van der Waals surface area contributed by atoms with Crippen LogP contribution in [0.15, 0.2) is 0 Å². The van der Waals surface area contributed by atoms with Crippen molar-refractivity contribution in [3.63, 3.8) is 0 Å². The van der Waals surface area contributed by atoms with E-state index in [1.165, 1.54) is 11.5 Å². The smallest absolute Gasteiger partial charge is 0.205 e. The highest BCUT2D eigenvalue weighted by molar-refractivity contribution is 7.09. The fraction of sp³-hybridized carbons (Fsp3) is 0.818. The zero-order valence-corrected chi connectivity index (χ0v) is 11.8. The van der Waals surface area contributed by atoms with E-state index in [-0.39, 0.29) is 18.3 Å². The molecule has 0 aliphatic carbocycles. The van der Waals surface area contributed by atoms with E-state index in [0.29, 0.717) is 6.54 Å². The summed E-state index contributed by atoms with van der Waals surface area (Å²) in [6.45, 7) is 6.12. The molecular weight excluding hydrogens is 252 g/mol. The topological polar surface area (TPSA) is 73.5 Å². The molecule has 18 heavy (non-hydrogen) atoms. The van der Waals surface area contributed by atoms with Gasteiger partial charge in [0.15, 0.2) is 5.82 Å². The van der Waals surface area contributed by atoms with E-state index in [2.05, 4.69) is 21.2 Å². The largest absolute Gasteiger partial charge is 0.374 e. The Morgan fingerprint density at radius 2 is 2.39 bits per heavy atom. The Morgan fingerprint density at radius 3 is 3.06 bits per heavy atom. The van der Waals surface area contributed by atoms with Gasteiger partial charge in [-0.2, -0.15) is 4.37 Å². The van der Waals surface area contributed by atoms with Crippen molar-refractivity contribution in [2.75, 3.05) is 31.6 Å². The summed E-state index contributed by atoms with van der Waals surface area (Å²) < 4.78 is 15.3. The number of rotatable bonds is 4. The summed E-state index contributed by atoms with van der Waals surface area (Å²) >= 11 is 1.40. The third-order valence-electron chi connectivity index (χ3n) is 3.01. The Balaban J connectivity index is 2.08. The van der Waals surface area contributed by atoms with E-state index >= 15 is 0 Å². The molecule has 102 valence electrons. The van der Waals surface area contributed by atoms with Crippen molar-refractivity contribution >= 4 is 16.7 Å². The van der Waals surface area contributed by atoms with Crippen molar-refractivity contribution in [1.29, 1.82) is 0 Å². The molecule has 1 fully saturated rings. The van der Waals surface area contributed by atoms with Crippen LogP contribution >= 0.6 is 11.5 Å². The Labute approximate surface area is 111 Å². The summed E-state index contributed by atoms with van der Waals surface area (Å²) in [7, 11) is 1.66. The van der Waals surface area contributed by atoms with Gasteiger partial charge in [0.1, 0.15) is 6.10 Å². The van der Waals surface area contributed by atoms with Gasteiger partial charge in [-0.25, -0.2) is 4.98 Å². The monoisotopic (exact) mass is 272 g/mol. The third kappa shape index (κ3) is 2.97. The maximum absolute atomic E-state index is 5.73. The van der Waals surface area contributed by atoms with Crippen LogP contribution < -0.4 is 10.6 Å². The van der Waals surface area contributed by atoms with Crippen LogP contribution in [-0.4, -0.2) is 48.3 Å². The van der Waals surface area contributed by atoms with Gasteiger partial charge in [0.25, 0.3) is 0 Å². The molecule has 1 aromatic rings. The number of ether oxygens (including phenoxy) is 2. The number of anilines is 1. The maximum Gasteiger partial charge on any atom is 0.205 e. The fourth-order valence-electron chi connectivity index (χ4n) is 1.96. The molecule has 1 aromatic heterocycles. The Hall–Kier alpha value is -0.760. The van der Waals surface area contributed by atoms with Crippen LogP contribution in [0.1, 0.15) is 25.8 Å². The lowest BCUT2D eigenvalue weighted by molar-refractivity contribution is -0.0105. The van der Waals surface area contributed by atoms with Crippen molar-refractivity contribution in [3.05, 3.63) is 5.82 Å². The molecule has 3 unspecified atom stereocenters. The van der Waals surface area contributed by atoms with Gasteiger partial charge < -0.3 is 20.1 Å². The second-order valence-electron chi connectivity index (χ2n) is 4.52. The molecule has 1 aliphatic heterocycles. The predicted octanol–water partition coefficient (Wildman–Crippen LogP) is 0.798. The SMILES string of the molecule is COC(C)c1nsc(N2CC(C)OC(CN)C2)n1. The van der Waals surface area contributed by atoms with Crippen LogP contribution in [0.25, 0.3) is 0 Å². The first-order chi connectivity index (χ1) is 8.63. The van der Waals surface area contributed by atoms with Crippen LogP contribution in [0.3, 0.4) is 0 Å². The molecule has 7 heteroatoms. The summed E-state index contributed by atoms with van der Waals surface area (Å²) in [5, 5.41) is 0.919. The maximum atomic E-state index is 5.73. The summed E-state index contributed by atoms with van der Waals surface area (Å²) in [5.74, 6) is 0.737. The van der Waals surface area contributed by atoms with E-state index in [4.69, 9.17) is 15.2 Å². The molecule has 6 nitrogen and oxygen atoms in total. The second kappa shape index (κ2) is 5.92. The second-order valence-corrected chi connectivity index (χ2v) is 5.25. The summed E-state index contributed by atoms with van der Waals surface area (Å²) in [6, 6.07) is 0. The lowest BCUT2D eigenvalue weighted by atomic mass is 10.2.